The first-order valence-corrected chi connectivity index (χ1v) is 9.66. The Morgan fingerprint density at radius 2 is 1.38 bits per heavy atom. The summed E-state index contributed by atoms with van der Waals surface area (Å²) in [4.78, 5) is 5.75. The van der Waals surface area contributed by atoms with Crippen molar-refractivity contribution in [1.29, 1.82) is 0 Å². The highest BCUT2D eigenvalue weighted by Gasteiger charge is 2.20. The van der Waals surface area contributed by atoms with Crippen molar-refractivity contribution in [2.75, 3.05) is 6.61 Å². The Hall–Kier alpha value is -1.68. The lowest BCUT2D eigenvalue weighted by molar-refractivity contribution is 0.253. The van der Waals surface area contributed by atoms with Gasteiger partial charge in [-0.1, -0.05) is 70.7 Å². The molecule has 0 saturated heterocycles. The lowest BCUT2D eigenvalue weighted by atomic mass is 9.87. The quantitative estimate of drug-likeness (QED) is 0.177. The van der Waals surface area contributed by atoms with E-state index in [1.807, 2.05) is 13.0 Å². The predicted octanol–water partition coefficient (Wildman–Crippen LogP) is 6.65. The fourth-order valence-corrected chi connectivity index (χ4v) is 2.85. The van der Waals surface area contributed by atoms with Crippen LogP contribution in [0.2, 0.25) is 0 Å². The van der Waals surface area contributed by atoms with Gasteiger partial charge in [0.25, 0.3) is 0 Å². The van der Waals surface area contributed by atoms with E-state index in [9.17, 15) is 0 Å². The van der Waals surface area contributed by atoms with E-state index in [0.717, 1.165) is 25.7 Å². The monoisotopic (exact) mass is 366 g/mol. The van der Waals surface area contributed by atoms with Gasteiger partial charge in [-0.05, 0) is 47.6 Å². The van der Waals surface area contributed by atoms with Crippen LogP contribution in [0.15, 0.2) is 22.9 Å². The maximum atomic E-state index is 8.72. The summed E-state index contributed by atoms with van der Waals surface area (Å²) < 4.78 is 0. The molecule has 26 heavy (non-hydrogen) atoms. The first kappa shape index (κ1) is 26.5. The fraction of sp³-hybridized carbons (Fsp3) is 0.895. The molecule has 0 fully saturated rings. The Bertz CT molecular complexity index is 457. The van der Waals surface area contributed by atoms with E-state index in [0.29, 0.717) is 17.8 Å². The summed E-state index contributed by atoms with van der Waals surface area (Å²) in [6.45, 7) is 16.4. The number of aliphatic hydroxyl groups excluding tert-OH is 1. The third kappa shape index (κ3) is 11.0. The van der Waals surface area contributed by atoms with Crippen LogP contribution in [-0.4, -0.2) is 23.8 Å². The Labute approximate surface area is 159 Å². The van der Waals surface area contributed by atoms with E-state index in [1.165, 1.54) is 0 Å². The van der Waals surface area contributed by atoms with Crippen LogP contribution in [0.1, 0.15) is 67.2 Å². The molecule has 7 nitrogen and oxygen atoms in total. The highest BCUT2D eigenvalue weighted by atomic mass is 16.2. The van der Waals surface area contributed by atoms with Crippen LogP contribution in [0.25, 0.3) is 20.9 Å². The molecule has 0 unspecified atom stereocenters. The van der Waals surface area contributed by atoms with Gasteiger partial charge in [0.1, 0.15) is 0 Å². The molecule has 7 heteroatoms. The molecule has 0 aromatic rings. The topological polar surface area (TPSA) is 118 Å². The average molecular weight is 367 g/mol. The van der Waals surface area contributed by atoms with Gasteiger partial charge in [-0.15, -0.1) is 6.58 Å². The summed E-state index contributed by atoms with van der Waals surface area (Å²) in [6.07, 6.45) is 5.60. The molecule has 0 bridgehead atoms. The van der Waals surface area contributed by atoms with E-state index in [4.69, 9.17) is 16.2 Å². The Balaban J connectivity index is 0. The van der Waals surface area contributed by atoms with Crippen LogP contribution in [0.3, 0.4) is 0 Å². The van der Waals surface area contributed by atoms with Gasteiger partial charge in [0.05, 0.1) is 0 Å². The standard InChI is InChI=1S/C10H21N3O.C9H17N3/c1-4-8(2)10(12-13-11)9(3)6-5-7-14;1-5-7(3)9(11-12-10)8(4)6-2/h8-10,14H,4-7H2,1-3H3;5,7-9H,1,6H2,2-4H3/t8-,9-,10+;7-,8-,9-/m00/s1. The number of azide groups is 2. The van der Waals surface area contributed by atoms with Crippen molar-refractivity contribution in [2.24, 2.45) is 33.9 Å². The first-order chi connectivity index (χ1) is 12.3. The van der Waals surface area contributed by atoms with Crippen molar-refractivity contribution in [3.05, 3.63) is 33.5 Å². The highest BCUT2D eigenvalue weighted by Crippen LogP contribution is 2.23. The Morgan fingerprint density at radius 1 is 0.923 bits per heavy atom. The zero-order valence-electron chi connectivity index (χ0n) is 17.4. The van der Waals surface area contributed by atoms with E-state index in [2.05, 4.69) is 61.2 Å². The van der Waals surface area contributed by atoms with Gasteiger partial charge in [0, 0.05) is 28.5 Å². The van der Waals surface area contributed by atoms with Crippen molar-refractivity contribution in [3.8, 4) is 0 Å². The molecule has 0 aliphatic carbocycles. The molecule has 150 valence electrons. The molecule has 0 saturated carbocycles. The molecule has 0 aliphatic heterocycles. The molecule has 0 spiro atoms. The first-order valence-electron chi connectivity index (χ1n) is 9.66. The molecule has 0 heterocycles. The van der Waals surface area contributed by atoms with Crippen LogP contribution in [-0.2, 0) is 0 Å². The molecule has 6 atom stereocenters. The minimum Gasteiger partial charge on any atom is -0.396 e. The van der Waals surface area contributed by atoms with Crippen LogP contribution in [0.4, 0.5) is 0 Å². The summed E-state index contributed by atoms with van der Waals surface area (Å²) in [5.41, 5.74) is 16.8. The van der Waals surface area contributed by atoms with E-state index in [1.54, 1.807) is 0 Å². The molecule has 0 rings (SSSR count). The molecule has 0 aromatic heterocycles. The normalized spacial score (nSPS) is 17.0. The zero-order valence-corrected chi connectivity index (χ0v) is 17.4. The third-order valence-corrected chi connectivity index (χ3v) is 5.13. The summed E-state index contributed by atoms with van der Waals surface area (Å²) in [6, 6.07) is 0.119. The second-order valence-electron chi connectivity index (χ2n) is 7.10. The summed E-state index contributed by atoms with van der Waals surface area (Å²) in [5, 5.41) is 16.3. The van der Waals surface area contributed by atoms with Crippen LogP contribution < -0.4 is 0 Å². The second-order valence-corrected chi connectivity index (χ2v) is 7.10. The van der Waals surface area contributed by atoms with Gasteiger partial charge in [-0.25, -0.2) is 0 Å². The lowest BCUT2D eigenvalue weighted by Gasteiger charge is -2.24. The van der Waals surface area contributed by atoms with Crippen molar-refractivity contribution in [1.82, 2.24) is 0 Å². The molecule has 1 N–H and O–H groups in total. The van der Waals surface area contributed by atoms with E-state index in [-0.39, 0.29) is 24.6 Å². The van der Waals surface area contributed by atoms with Gasteiger partial charge in [-0.2, -0.15) is 0 Å². The molecule has 0 aliphatic rings. The van der Waals surface area contributed by atoms with E-state index < -0.39 is 0 Å². The van der Waals surface area contributed by atoms with Crippen molar-refractivity contribution < 1.29 is 5.11 Å². The minimum absolute atomic E-state index is 0.0532. The number of nitrogens with zero attached hydrogens (tertiary/aromatic N) is 6. The number of aliphatic hydroxyl groups is 1. The Kier molecular flexibility index (Phi) is 17.1. The van der Waals surface area contributed by atoms with Gasteiger partial charge in [0.2, 0.25) is 0 Å². The predicted molar refractivity (Wildman–Crippen MR) is 110 cm³/mol. The van der Waals surface area contributed by atoms with Gasteiger partial charge < -0.3 is 5.11 Å². The van der Waals surface area contributed by atoms with Crippen LogP contribution in [0.5, 0.6) is 0 Å². The van der Waals surface area contributed by atoms with Gasteiger partial charge >= 0.3 is 0 Å². The number of rotatable bonds is 12. The number of hydrogen-bond acceptors (Lipinski definition) is 3. The zero-order chi connectivity index (χ0) is 20.5. The van der Waals surface area contributed by atoms with Crippen molar-refractivity contribution in [3.63, 3.8) is 0 Å². The Morgan fingerprint density at radius 3 is 1.77 bits per heavy atom. The lowest BCUT2D eigenvalue weighted by Crippen LogP contribution is -2.23. The molecule has 0 radical (unpaired) electrons. The van der Waals surface area contributed by atoms with E-state index >= 15 is 0 Å². The second kappa shape index (κ2) is 16.8. The van der Waals surface area contributed by atoms with Crippen molar-refractivity contribution in [2.45, 2.75) is 79.3 Å². The summed E-state index contributed by atoms with van der Waals surface area (Å²) >= 11 is 0. The highest BCUT2D eigenvalue weighted by molar-refractivity contribution is 4.88. The molecular formula is C19H38N6O. The maximum absolute atomic E-state index is 8.72. The van der Waals surface area contributed by atoms with Gasteiger partial charge in [0.15, 0.2) is 0 Å². The van der Waals surface area contributed by atoms with Gasteiger partial charge in [-0.3, -0.25) is 0 Å². The average Bonchev–Trinajstić information content (AvgIpc) is 2.66. The molecule has 0 amide bonds. The van der Waals surface area contributed by atoms with Crippen LogP contribution >= 0.6 is 0 Å². The smallest absolute Gasteiger partial charge is 0.0459 e. The molecular weight excluding hydrogens is 328 g/mol. The summed E-state index contributed by atoms with van der Waals surface area (Å²) in [7, 11) is 0. The molecule has 0 aromatic carbocycles. The minimum atomic E-state index is 0.0532. The summed E-state index contributed by atoms with van der Waals surface area (Å²) in [5.74, 6) is 1.46. The van der Waals surface area contributed by atoms with Crippen LogP contribution in [0, 0.1) is 23.7 Å². The maximum Gasteiger partial charge on any atom is 0.0459 e. The third-order valence-electron chi connectivity index (χ3n) is 5.13. The van der Waals surface area contributed by atoms with Crippen molar-refractivity contribution >= 4 is 0 Å². The number of hydrogen-bond donors (Lipinski definition) is 1. The largest absolute Gasteiger partial charge is 0.396 e. The fourth-order valence-electron chi connectivity index (χ4n) is 2.85. The SMILES string of the molecule is C=C[C@H](C)[C@H](N=[N+]=[N-])[C@@H](C)CC.CC[C@H](C)[C@@H](N=[N+]=[N-])[C@@H](C)CCCO.